The molecule has 0 spiro atoms. The molecule has 3 heterocycles. The van der Waals surface area contributed by atoms with Crippen molar-refractivity contribution in [3.63, 3.8) is 0 Å². The summed E-state index contributed by atoms with van der Waals surface area (Å²) >= 11 is 1.48. The number of para-hydroxylation sites is 1. The van der Waals surface area contributed by atoms with Gasteiger partial charge < -0.3 is 9.15 Å². The number of carbonyl (C=O) groups excluding carboxylic acids is 1. The van der Waals surface area contributed by atoms with Crippen molar-refractivity contribution in [3.8, 4) is 5.75 Å². The van der Waals surface area contributed by atoms with Gasteiger partial charge in [-0.05, 0) is 55.3 Å². The highest BCUT2D eigenvalue weighted by atomic mass is 32.1. The van der Waals surface area contributed by atoms with Gasteiger partial charge in [0, 0.05) is 11.6 Å². The van der Waals surface area contributed by atoms with Gasteiger partial charge in [-0.3, -0.25) is 14.7 Å². The average Bonchev–Trinajstić information content (AvgIpc) is 3.45. The van der Waals surface area contributed by atoms with E-state index in [-0.39, 0.29) is 18.2 Å². The number of anilines is 1. The molecule has 0 aliphatic heterocycles. The first kappa shape index (κ1) is 20.2. The molecule has 0 bridgehead atoms. The summed E-state index contributed by atoms with van der Waals surface area (Å²) < 4.78 is 12.4. The molecule has 5 aromatic rings. The highest BCUT2D eigenvalue weighted by Crippen LogP contribution is 2.35. The zero-order valence-corrected chi connectivity index (χ0v) is 18.8. The summed E-state index contributed by atoms with van der Waals surface area (Å²) in [6, 6.07) is 17.1. The van der Waals surface area contributed by atoms with Crippen molar-refractivity contribution in [2.24, 2.45) is 0 Å². The maximum absolute atomic E-state index is 13.7. The van der Waals surface area contributed by atoms with Crippen molar-refractivity contribution >= 4 is 43.6 Å². The molecular weight excluding hydrogens is 422 g/mol. The van der Waals surface area contributed by atoms with Crippen LogP contribution in [0.25, 0.3) is 21.2 Å². The maximum Gasteiger partial charge on any atom is 0.296 e. The molecule has 1 amide bonds. The summed E-state index contributed by atoms with van der Waals surface area (Å²) in [5.41, 5.74) is 4.51. The Morgan fingerprint density at radius 1 is 1.12 bits per heavy atom. The molecule has 0 aliphatic rings. The quantitative estimate of drug-likeness (QED) is 0.338. The van der Waals surface area contributed by atoms with Crippen LogP contribution in [0.2, 0.25) is 0 Å². The van der Waals surface area contributed by atoms with E-state index >= 15 is 0 Å². The Morgan fingerprint density at radius 2 is 2.00 bits per heavy atom. The van der Waals surface area contributed by atoms with Crippen LogP contribution in [0.5, 0.6) is 5.75 Å². The fourth-order valence-corrected chi connectivity index (χ4v) is 4.67. The largest absolute Gasteiger partial charge is 0.493 e. The SMILES string of the molecule is COc1cccc2cc(C(=O)N(Cc3ccccn3)c3nc4c(C)c(C)ccc4s3)oc12. The van der Waals surface area contributed by atoms with Gasteiger partial charge in [0.1, 0.15) is 0 Å². The molecular formula is C25H21N3O3S. The lowest BCUT2D eigenvalue weighted by molar-refractivity contribution is 0.0960. The number of hydrogen-bond donors (Lipinski definition) is 0. The average molecular weight is 444 g/mol. The van der Waals surface area contributed by atoms with Crippen molar-refractivity contribution in [1.29, 1.82) is 0 Å². The summed E-state index contributed by atoms with van der Waals surface area (Å²) in [6.45, 7) is 4.40. The van der Waals surface area contributed by atoms with E-state index in [2.05, 4.69) is 24.9 Å². The van der Waals surface area contributed by atoms with Crippen LogP contribution in [-0.4, -0.2) is 23.0 Å². The standard InChI is InChI=1S/C25H21N3O3S/c1-15-10-11-21-22(16(15)2)27-25(32-21)28(14-18-8-4-5-12-26-18)24(29)20-13-17-7-6-9-19(30-3)23(17)31-20/h4-13H,14H2,1-3H3. The van der Waals surface area contributed by atoms with Crippen LogP contribution < -0.4 is 9.64 Å². The van der Waals surface area contributed by atoms with E-state index in [9.17, 15) is 4.79 Å². The van der Waals surface area contributed by atoms with E-state index < -0.39 is 0 Å². The zero-order valence-electron chi connectivity index (χ0n) is 18.0. The third-order valence-electron chi connectivity index (χ3n) is 5.53. The molecule has 160 valence electrons. The normalized spacial score (nSPS) is 11.2. The lowest BCUT2D eigenvalue weighted by atomic mass is 10.1. The Morgan fingerprint density at radius 3 is 2.78 bits per heavy atom. The van der Waals surface area contributed by atoms with E-state index in [4.69, 9.17) is 14.1 Å². The molecule has 7 heteroatoms. The molecule has 0 unspecified atom stereocenters. The van der Waals surface area contributed by atoms with Crippen molar-refractivity contribution < 1.29 is 13.9 Å². The van der Waals surface area contributed by atoms with Gasteiger partial charge in [-0.1, -0.05) is 35.6 Å². The first-order valence-corrected chi connectivity index (χ1v) is 11.0. The van der Waals surface area contributed by atoms with E-state index in [1.807, 2.05) is 42.5 Å². The molecule has 3 aromatic heterocycles. The van der Waals surface area contributed by atoms with Gasteiger partial charge in [0.15, 0.2) is 22.2 Å². The number of nitrogens with zero attached hydrogens (tertiary/aromatic N) is 3. The lowest BCUT2D eigenvalue weighted by Crippen LogP contribution is -2.30. The van der Waals surface area contributed by atoms with Crippen molar-refractivity contribution in [1.82, 2.24) is 9.97 Å². The fourth-order valence-electron chi connectivity index (χ4n) is 3.65. The topological polar surface area (TPSA) is 68.5 Å². The number of aryl methyl sites for hydroxylation is 2. The van der Waals surface area contributed by atoms with Crippen molar-refractivity contribution in [3.05, 3.63) is 83.4 Å². The Balaban J connectivity index is 1.61. The van der Waals surface area contributed by atoms with Crippen molar-refractivity contribution in [2.75, 3.05) is 12.0 Å². The molecule has 5 rings (SSSR count). The number of methoxy groups -OCH3 is 1. The second kappa shape index (κ2) is 8.09. The molecule has 0 aliphatic carbocycles. The molecule has 0 N–H and O–H groups in total. The molecule has 0 radical (unpaired) electrons. The number of fused-ring (bicyclic) bond motifs is 2. The van der Waals surface area contributed by atoms with Crippen LogP contribution in [-0.2, 0) is 6.54 Å². The Labute approximate surface area is 189 Å². The summed E-state index contributed by atoms with van der Waals surface area (Å²) in [7, 11) is 1.58. The summed E-state index contributed by atoms with van der Waals surface area (Å²) in [5.74, 6) is 0.541. The minimum atomic E-state index is -0.276. The van der Waals surface area contributed by atoms with Gasteiger partial charge in [-0.15, -0.1) is 0 Å². The van der Waals surface area contributed by atoms with E-state index in [1.165, 1.54) is 16.9 Å². The second-order valence-corrected chi connectivity index (χ2v) is 8.56. The van der Waals surface area contributed by atoms with Gasteiger partial charge in [0.05, 0.1) is 29.6 Å². The van der Waals surface area contributed by atoms with E-state index in [0.29, 0.717) is 16.5 Å². The monoisotopic (exact) mass is 443 g/mol. The number of benzene rings is 2. The van der Waals surface area contributed by atoms with Crippen LogP contribution in [0.1, 0.15) is 27.4 Å². The highest BCUT2D eigenvalue weighted by Gasteiger charge is 2.26. The molecule has 6 nitrogen and oxygen atoms in total. The Hall–Kier alpha value is -3.71. The Bertz CT molecular complexity index is 1440. The number of pyridine rings is 1. The molecule has 32 heavy (non-hydrogen) atoms. The fraction of sp³-hybridized carbons (Fsp3) is 0.160. The predicted octanol–water partition coefficient (Wildman–Crippen LogP) is 5.91. The smallest absolute Gasteiger partial charge is 0.296 e. The predicted molar refractivity (Wildman–Crippen MR) is 127 cm³/mol. The minimum absolute atomic E-state index is 0.229. The van der Waals surface area contributed by atoms with E-state index in [1.54, 1.807) is 24.3 Å². The van der Waals surface area contributed by atoms with Crippen LogP contribution in [0.15, 0.2) is 65.2 Å². The molecule has 0 atom stereocenters. The van der Waals surface area contributed by atoms with Crippen LogP contribution in [0.4, 0.5) is 5.13 Å². The molecule has 0 saturated heterocycles. The number of amides is 1. The lowest BCUT2D eigenvalue weighted by Gasteiger charge is -2.18. The number of ether oxygens (including phenoxy) is 1. The van der Waals surface area contributed by atoms with Crippen LogP contribution >= 0.6 is 11.3 Å². The van der Waals surface area contributed by atoms with Crippen LogP contribution in [0.3, 0.4) is 0 Å². The third kappa shape index (κ3) is 3.50. The summed E-state index contributed by atoms with van der Waals surface area (Å²) in [6.07, 6.45) is 1.72. The van der Waals surface area contributed by atoms with Gasteiger partial charge >= 0.3 is 0 Å². The molecule has 2 aromatic carbocycles. The van der Waals surface area contributed by atoms with Crippen molar-refractivity contribution in [2.45, 2.75) is 20.4 Å². The first-order valence-electron chi connectivity index (χ1n) is 10.2. The van der Waals surface area contributed by atoms with Gasteiger partial charge in [0.25, 0.3) is 5.91 Å². The second-order valence-electron chi connectivity index (χ2n) is 7.55. The highest BCUT2D eigenvalue weighted by molar-refractivity contribution is 7.22. The number of hydrogen-bond acceptors (Lipinski definition) is 6. The number of aromatic nitrogens is 2. The summed E-state index contributed by atoms with van der Waals surface area (Å²) in [5, 5.41) is 1.41. The van der Waals surface area contributed by atoms with Crippen LogP contribution in [0, 0.1) is 13.8 Å². The first-order chi connectivity index (χ1) is 15.5. The number of furan rings is 1. The molecule has 0 fully saturated rings. The number of carbonyl (C=O) groups is 1. The Kier molecular flexibility index (Phi) is 5.11. The van der Waals surface area contributed by atoms with Gasteiger partial charge in [-0.2, -0.15) is 0 Å². The third-order valence-corrected chi connectivity index (χ3v) is 6.58. The summed E-state index contributed by atoms with van der Waals surface area (Å²) in [4.78, 5) is 24.6. The van der Waals surface area contributed by atoms with Gasteiger partial charge in [0.2, 0.25) is 0 Å². The minimum Gasteiger partial charge on any atom is -0.493 e. The zero-order chi connectivity index (χ0) is 22.2. The maximum atomic E-state index is 13.7. The number of thiazole rings is 1. The number of rotatable bonds is 5. The van der Waals surface area contributed by atoms with Gasteiger partial charge in [-0.25, -0.2) is 4.98 Å². The van der Waals surface area contributed by atoms with E-state index in [0.717, 1.165) is 26.9 Å². The molecule has 0 saturated carbocycles.